The molecule has 5 heteroatoms. The first-order chi connectivity index (χ1) is 8.26. The number of rotatable bonds is 8. The van der Waals surface area contributed by atoms with Crippen LogP contribution in [0.5, 0.6) is 0 Å². The van der Waals surface area contributed by atoms with Crippen LogP contribution >= 0.6 is 0 Å². The summed E-state index contributed by atoms with van der Waals surface area (Å²) in [6.45, 7) is 7.66. The van der Waals surface area contributed by atoms with Crippen LogP contribution in [0, 0.1) is 0 Å². The normalized spacial score (nSPS) is 11.7. The lowest BCUT2D eigenvalue weighted by atomic mass is 10.4. The molecule has 0 radical (unpaired) electrons. The fraction of sp³-hybridized carbons (Fsp3) is 0.583. The molecule has 0 aliphatic heterocycles. The summed E-state index contributed by atoms with van der Waals surface area (Å²) in [5.41, 5.74) is 0.953. The second-order valence-corrected chi connectivity index (χ2v) is 6.07. The number of hydrogen-bond acceptors (Lipinski definition) is 4. The van der Waals surface area contributed by atoms with E-state index in [1.165, 1.54) is 0 Å². The van der Waals surface area contributed by atoms with Gasteiger partial charge in [-0.3, -0.25) is 4.98 Å². The van der Waals surface area contributed by atoms with Crippen LogP contribution in [0.3, 0.4) is 0 Å². The van der Waals surface area contributed by atoms with E-state index in [1.807, 2.05) is 39.0 Å². The lowest BCUT2D eigenvalue weighted by Gasteiger charge is -2.28. The second kappa shape index (κ2) is 7.55. The zero-order valence-corrected chi connectivity index (χ0v) is 11.8. The highest BCUT2D eigenvalue weighted by Gasteiger charge is 2.41. The predicted molar refractivity (Wildman–Crippen MR) is 68.6 cm³/mol. The van der Waals surface area contributed by atoms with Gasteiger partial charge in [0.2, 0.25) is 0 Å². The molecule has 0 saturated carbocycles. The molecule has 0 aliphatic carbocycles. The highest BCUT2D eigenvalue weighted by Crippen LogP contribution is 2.15. The first kappa shape index (κ1) is 14.3. The topological polar surface area (TPSA) is 40.6 Å². The van der Waals surface area contributed by atoms with Gasteiger partial charge in [-0.05, 0) is 32.9 Å². The number of hydrogen-bond donors (Lipinski definition) is 0. The molecule has 0 aliphatic rings. The smallest absolute Gasteiger partial charge is 0.374 e. The minimum Gasteiger partial charge on any atom is -0.374 e. The molecule has 96 valence electrons. The molecule has 1 aromatic heterocycles. The third-order valence-corrected chi connectivity index (χ3v) is 5.20. The maximum atomic E-state index is 5.77. The third-order valence-electron chi connectivity index (χ3n) is 2.22. The largest absolute Gasteiger partial charge is 0.507 e. The Hall–Kier alpha value is -0.753. The average molecular weight is 255 g/mol. The summed E-state index contributed by atoms with van der Waals surface area (Å²) >= 11 is 0. The van der Waals surface area contributed by atoms with Crippen molar-refractivity contribution in [3.63, 3.8) is 0 Å². The zero-order chi connectivity index (χ0) is 12.6. The van der Waals surface area contributed by atoms with Gasteiger partial charge in [0.05, 0.1) is 6.04 Å². The van der Waals surface area contributed by atoms with E-state index in [2.05, 4.69) is 4.98 Å². The molecular formula is C12H21NO3Si. The summed E-state index contributed by atoms with van der Waals surface area (Å²) in [6, 6.07) is 6.46. The summed E-state index contributed by atoms with van der Waals surface area (Å²) in [7, 11) is -2.60. The van der Waals surface area contributed by atoms with Gasteiger partial charge in [-0.1, -0.05) is 6.07 Å². The molecule has 1 heterocycles. The molecule has 4 nitrogen and oxygen atoms in total. The second-order valence-electron chi connectivity index (χ2n) is 3.48. The van der Waals surface area contributed by atoms with Crippen LogP contribution in [0.2, 0.25) is 0 Å². The summed E-state index contributed by atoms with van der Waals surface area (Å²) < 4.78 is 17.3. The first-order valence-corrected chi connectivity index (χ1v) is 8.01. The highest BCUT2D eigenvalue weighted by molar-refractivity contribution is 6.60. The SMILES string of the molecule is CCO[Si](Cc1ccccn1)(OCC)OCC. The maximum absolute atomic E-state index is 5.77. The molecular weight excluding hydrogens is 234 g/mol. The lowest BCUT2D eigenvalue weighted by molar-refractivity contribution is 0.0701. The Morgan fingerprint density at radius 3 is 2.00 bits per heavy atom. The zero-order valence-electron chi connectivity index (χ0n) is 10.8. The highest BCUT2D eigenvalue weighted by atomic mass is 28.4. The van der Waals surface area contributed by atoms with Crippen molar-refractivity contribution in [3.05, 3.63) is 30.1 Å². The van der Waals surface area contributed by atoms with Crippen molar-refractivity contribution in [2.75, 3.05) is 19.8 Å². The van der Waals surface area contributed by atoms with E-state index in [0.717, 1.165) is 5.69 Å². The van der Waals surface area contributed by atoms with Crippen molar-refractivity contribution in [2.24, 2.45) is 0 Å². The Morgan fingerprint density at radius 2 is 1.59 bits per heavy atom. The van der Waals surface area contributed by atoms with Crippen molar-refractivity contribution in [3.8, 4) is 0 Å². The van der Waals surface area contributed by atoms with Gasteiger partial charge in [0.1, 0.15) is 0 Å². The molecule has 0 bridgehead atoms. The molecule has 0 aromatic carbocycles. The van der Waals surface area contributed by atoms with Crippen LogP contribution < -0.4 is 0 Å². The molecule has 0 amide bonds. The average Bonchev–Trinajstić information content (AvgIpc) is 2.31. The van der Waals surface area contributed by atoms with Gasteiger partial charge in [0.25, 0.3) is 0 Å². The van der Waals surface area contributed by atoms with Crippen molar-refractivity contribution in [1.29, 1.82) is 0 Å². The van der Waals surface area contributed by atoms with Crippen molar-refractivity contribution in [1.82, 2.24) is 4.98 Å². The molecule has 0 unspecified atom stereocenters. The standard InChI is InChI=1S/C12H21NO3Si/c1-4-14-17(15-5-2,16-6-3)11-12-9-7-8-10-13-12/h7-10H,4-6,11H2,1-3H3. The molecule has 0 spiro atoms. The van der Waals surface area contributed by atoms with Crippen molar-refractivity contribution < 1.29 is 13.3 Å². The molecule has 0 fully saturated rings. The van der Waals surface area contributed by atoms with Crippen LogP contribution in [0.4, 0.5) is 0 Å². The van der Waals surface area contributed by atoms with Crippen LogP contribution in [-0.2, 0) is 19.3 Å². The van der Waals surface area contributed by atoms with Crippen LogP contribution in [0.1, 0.15) is 26.5 Å². The van der Waals surface area contributed by atoms with E-state index in [4.69, 9.17) is 13.3 Å². The Morgan fingerprint density at radius 1 is 1.00 bits per heavy atom. The van der Waals surface area contributed by atoms with Gasteiger partial charge in [-0.15, -0.1) is 0 Å². The van der Waals surface area contributed by atoms with E-state index in [9.17, 15) is 0 Å². The first-order valence-electron chi connectivity index (χ1n) is 6.08. The van der Waals surface area contributed by atoms with Crippen LogP contribution in [0.15, 0.2) is 24.4 Å². The van der Waals surface area contributed by atoms with E-state index in [0.29, 0.717) is 25.9 Å². The summed E-state index contributed by atoms with van der Waals surface area (Å²) in [5.74, 6) is 0. The van der Waals surface area contributed by atoms with Crippen molar-refractivity contribution in [2.45, 2.75) is 26.8 Å². The summed E-state index contributed by atoms with van der Waals surface area (Å²) in [6.07, 6.45) is 1.78. The quantitative estimate of drug-likeness (QED) is 0.668. The third kappa shape index (κ3) is 4.55. The van der Waals surface area contributed by atoms with Gasteiger partial charge < -0.3 is 13.3 Å². The Labute approximate surface area is 104 Å². The monoisotopic (exact) mass is 255 g/mol. The van der Waals surface area contributed by atoms with E-state index in [-0.39, 0.29) is 0 Å². The van der Waals surface area contributed by atoms with Gasteiger partial charge >= 0.3 is 8.80 Å². The number of nitrogens with zero attached hydrogens (tertiary/aromatic N) is 1. The Kier molecular flexibility index (Phi) is 6.35. The van der Waals surface area contributed by atoms with Crippen LogP contribution in [-0.4, -0.2) is 33.6 Å². The molecule has 0 N–H and O–H groups in total. The molecule has 1 rings (SSSR count). The van der Waals surface area contributed by atoms with E-state index >= 15 is 0 Å². The van der Waals surface area contributed by atoms with Crippen molar-refractivity contribution >= 4 is 8.80 Å². The van der Waals surface area contributed by atoms with Gasteiger partial charge in [0, 0.05) is 31.7 Å². The number of aromatic nitrogens is 1. The van der Waals surface area contributed by atoms with Crippen LogP contribution in [0.25, 0.3) is 0 Å². The fourth-order valence-corrected chi connectivity index (χ4v) is 4.19. The Balaban J connectivity index is 2.80. The summed E-state index contributed by atoms with van der Waals surface area (Å²) in [4.78, 5) is 4.31. The predicted octanol–water partition coefficient (Wildman–Crippen LogP) is 2.21. The molecule has 0 saturated heterocycles. The molecule has 17 heavy (non-hydrogen) atoms. The minimum atomic E-state index is -2.60. The van der Waals surface area contributed by atoms with Gasteiger partial charge in [0.15, 0.2) is 0 Å². The molecule has 1 aromatic rings. The van der Waals surface area contributed by atoms with E-state index < -0.39 is 8.80 Å². The Bertz CT molecular complexity index is 291. The number of pyridine rings is 1. The van der Waals surface area contributed by atoms with Gasteiger partial charge in [-0.25, -0.2) is 0 Å². The fourth-order valence-electron chi connectivity index (χ4n) is 1.66. The lowest BCUT2D eigenvalue weighted by Crippen LogP contribution is -2.48. The van der Waals surface area contributed by atoms with E-state index in [1.54, 1.807) is 6.20 Å². The maximum Gasteiger partial charge on any atom is 0.507 e. The minimum absolute atomic E-state index is 0.596. The molecule has 0 atom stereocenters. The summed E-state index contributed by atoms with van der Waals surface area (Å²) in [5, 5.41) is 0. The van der Waals surface area contributed by atoms with Gasteiger partial charge in [-0.2, -0.15) is 0 Å².